The quantitative estimate of drug-likeness (QED) is 0.590. The average Bonchev–Trinajstić information content (AvgIpc) is 0. The van der Waals surface area contributed by atoms with Crippen molar-refractivity contribution in [3.05, 3.63) is 22.3 Å². The van der Waals surface area contributed by atoms with Gasteiger partial charge in [0.2, 0.25) is 0 Å². The second-order valence-electron chi connectivity index (χ2n) is 0. The largest absolute Gasteiger partial charge is 0.358 e. The summed E-state index contributed by atoms with van der Waals surface area (Å²) in [5, 5.41) is 0. The summed E-state index contributed by atoms with van der Waals surface area (Å²) in [6.07, 6.45) is 0. The van der Waals surface area contributed by atoms with Crippen molar-refractivity contribution >= 4 is 0 Å². The van der Waals surface area contributed by atoms with Crippen LogP contribution in [-0.4, -0.2) is 0 Å². The molecule has 0 aromatic heterocycles. The van der Waals surface area contributed by atoms with Crippen LogP contribution in [0.4, 0.5) is 0 Å². The second-order valence-corrected chi connectivity index (χ2v) is 0. The van der Waals surface area contributed by atoms with E-state index in [4.69, 9.17) is 0 Å². The molecular formula is C3H9IrV-3. The first-order chi connectivity index (χ1) is 0. The average molecular weight is 288 g/mol. The maximum Gasteiger partial charge on any atom is 0 e. The molecular weight excluding hydrogens is 279 g/mol. The summed E-state index contributed by atoms with van der Waals surface area (Å²) in [5.41, 5.74) is 0. The summed E-state index contributed by atoms with van der Waals surface area (Å²) >= 11 is 0. The maximum atomic E-state index is 0. The Morgan fingerprint density at radius 1 is 0.600 bits per heavy atom. The van der Waals surface area contributed by atoms with E-state index >= 15 is 0 Å². The van der Waals surface area contributed by atoms with E-state index in [1.807, 2.05) is 0 Å². The standard InChI is InChI=1S/3CH3.Ir.V/h3*1H3;;/q3*-1;;. The van der Waals surface area contributed by atoms with Crippen molar-refractivity contribution in [2.45, 2.75) is 0 Å². The minimum Gasteiger partial charge on any atom is -0.358 e. The van der Waals surface area contributed by atoms with E-state index in [2.05, 4.69) is 0 Å². The zero-order chi connectivity index (χ0) is 0. The van der Waals surface area contributed by atoms with Crippen molar-refractivity contribution in [2.24, 2.45) is 0 Å². The van der Waals surface area contributed by atoms with Crippen LogP contribution < -0.4 is 0 Å². The Kier molecular flexibility index (Phi) is 1380. The Morgan fingerprint density at radius 3 is 0.600 bits per heavy atom. The van der Waals surface area contributed by atoms with E-state index in [0.717, 1.165) is 0 Å². The van der Waals surface area contributed by atoms with E-state index in [-0.39, 0.29) is 60.9 Å². The molecule has 0 saturated heterocycles. The summed E-state index contributed by atoms with van der Waals surface area (Å²) < 4.78 is 0. The van der Waals surface area contributed by atoms with Gasteiger partial charge < -0.3 is 22.3 Å². The Morgan fingerprint density at radius 2 is 0.600 bits per heavy atom. The van der Waals surface area contributed by atoms with Crippen molar-refractivity contribution in [1.82, 2.24) is 0 Å². The van der Waals surface area contributed by atoms with Crippen LogP contribution in [0, 0.1) is 22.3 Å². The fourth-order valence-corrected chi connectivity index (χ4v) is 0. The van der Waals surface area contributed by atoms with E-state index in [1.54, 1.807) is 0 Å². The predicted molar refractivity (Wildman–Crippen MR) is 19.2 cm³/mol. The minimum atomic E-state index is 0. The van der Waals surface area contributed by atoms with Gasteiger partial charge in [-0.25, -0.2) is 0 Å². The van der Waals surface area contributed by atoms with Gasteiger partial charge in [-0.15, -0.1) is 0 Å². The van der Waals surface area contributed by atoms with E-state index < -0.39 is 0 Å². The summed E-state index contributed by atoms with van der Waals surface area (Å²) in [6.45, 7) is 0. The molecule has 0 aromatic rings. The third kappa shape index (κ3) is 36.0. The maximum absolute atomic E-state index is 0. The van der Waals surface area contributed by atoms with Crippen molar-refractivity contribution < 1.29 is 38.7 Å². The molecule has 0 aromatic carbocycles. The van der Waals surface area contributed by atoms with Crippen molar-refractivity contribution in [3.63, 3.8) is 0 Å². The fourth-order valence-electron chi connectivity index (χ4n) is 0. The molecule has 0 atom stereocenters. The third-order valence-corrected chi connectivity index (χ3v) is 0. The second kappa shape index (κ2) is 61.6. The summed E-state index contributed by atoms with van der Waals surface area (Å²) in [4.78, 5) is 0. The van der Waals surface area contributed by atoms with Gasteiger partial charge in [0.15, 0.2) is 0 Å². The van der Waals surface area contributed by atoms with Gasteiger partial charge in [-0.3, -0.25) is 0 Å². The Hall–Kier alpha value is 1.23. The molecule has 38 valence electrons. The molecule has 0 aliphatic heterocycles. The first-order valence-corrected chi connectivity index (χ1v) is 0. The first-order valence-electron chi connectivity index (χ1n) is 0. The summed E-state index contributed by atoms with van der Waals surface area (Å²) in [7, 11) is 0. The van der Waals surface area contributed by atoms with Crippen LogP contribution >= 0.6 is 0 Å². The van der Waals surface area contributed by atoms with Gasteiger partial charge in [-0.05, 0) is 0 Å². The molecule has 0 rings (SSSR count). The molecule has 2 heteroatoms. The molecule has 0 N–H and O–H groups in total. The number of rotatable bonds is 0. The zero-order valence-corrected chi connectivity index (χ0v) is 7.57. The molecule has 2 radical (unpaired) electrons. The summed E-state index contributed by atoms with van der Waals surface area (Å²) in [5.74, 6) is 0. The van der Waals surface area contributed by atoms with E-state index in [1.165, 1.54) is 0 Å². The molecule has 0 nitrogen and oxygen atoms in total. The van der Waals surface area contributed by atoms with Crippen molar-refractivity contribution in [3.8, 4) is 0 Å². The normalized spacial score (nSPS) is 0. The van der Waals surface area contributed by atoms with Crippen LogP contribution in [0.15, 0.2) is 0 Å². The Balaban J connectivity index is 0. The van der Waals surface area contributed by atoms with E-state index in [0.29, 0.717) is 0 Å². The van der Waals surface area contributed by atoms with Gasteiger partial charge in [0.1, 0.15) is 0 Å². The van der Waals surface area contributed by atoms with E-state index in [9.17, 15) is 0 Å². The van der Waals surface area contributed by atoms with Crippen LogP contribution in [0.25, 0.3) is 0 Å². The van der Waals surface area contributed by atoms with Crippen LogP contribution in [0.2, 0.25) is 0 Å². The smallest absolute Gasteiger partial charge is 0 e. The first kappa shape index (κ1) is 112. The molecule has 0 fully saturated rings. The molecule has 0 saturated carbocycles. The van der Waals surface area contributed by atoms with Gasteiger partial charge in [0, 0.05) is 38.7 Å². The summed E-state index contributed by atoms with van der Waals surface area (Å²) in [6, 6.07) is 0. The van der Waals surface area contributed by atoms with Gasteiger partial charge in [0.05, 0.1) is 0 Å². The third-order valence-electron chi connectivity index (χ3n) is 0. The molecule has 0 amide bonds. The van der Waals surface area contributed by atoms with Crippen LogP contribution in [0.1, 0.15) is 0 Å². The minimum absolute atomic E-state index is 0. The Bertz CT molecular complexity index is 6.85. The number of hydrogen-bond donors (Lipinski definition) is 0. The topological polar surface area (TPSA) is 0 Å². The fraction of sp³-hybridized carbons (Fsp3) is 0. The molecule has 0 aliphatic rings. The van der Waals surface area contributed by atoms with Crippen LogP contribution in [0.5, 0.6) is 0 Å². The predicted octanol–water partition coefficient (Wildman–Crippen LogP) is 1.35. The molecule has 0 unspecified atom stereocenters. The van der Waals surface area contributed by atoms with Gasteiger partial charge >= 0.3 is 0 Å². The van der Waals surface area contributed by atoms with Gasteiger partial charge in [-0.1, -0.05) is 0 Å². The molecule has 0 heterocycles. The van der Waals surface area contributed by atoms with Crippen molar-refractivity contribution in [2.75, 3.05) is 0 Å². The van der Waals surface area contributed by atoms with Gasteiger partial charge in [0.25, 0.3) is 0 Å². The Labute approximate surface area is 61.0 Å². The number of hydrogen-bond acceptors (Lipinski definition) is 0. The molecule has 5 heavy (non-hydrogen) atoms. The van der Waals surface area contributed by atoms with Gasteiger partial charge in [-0.2, -0.15) is 0 Å². The zero-order valence-electron chi connectivity index (χ0n) is 3.78. The van der Waals surface area contributed by atoms with Crippen molar-refractivity contribution in [1.29, 1.82) is 0 Å². The van der Waals surface area contributed by atoms with Crippen LogP contribution in [-0.2, 0) is 38.7 Å². The SMILES string of the molecule is [CH3-].[CH3-].[CH3-].[Ir].[V]. The molecule has 0 aliphatic carbocycles. The monoisotopic (exact) mass is 289 g/mol. The van der Waals surface area contributed by atoms with Crippen LogP contribution in [0.3, 0.4) is 0 Å². The molecule has 0 spiro atoms. The molecule has 0 bridgehead atoms.